The normalized spacial score (nSPS) is 11.0. The van der Waals surface area contributed by atoms with E-state index in [1.807, 2.05) is 13.8 Å². The molecule has 0 saturated heterocycles. The van der Waals surface area contributed by atoms with Gasteiger partial charge in [-0.05, 0) is 6.42 Å². The average molecular weight is 398 g/mol. The molecular formula is C24H47NO3. The van der Waals surface area contributed by atoms with E-state index < -0.39 is 0 Å². The lowest BCUT2D eigenvalue weighted by atomic mass is 10.0. The summed E-state index contributed by atoms with van der Waals surface area (Å²) in [6.07, 6.45) is 20.2. The Morgan fingerprint density at radius 1 is 0.714 bits per heavy atom. The summed E-state index contributed by atoms with van der Waals surface area (Å²) in [4.78, 5) is 22.9. The van der Waals surface area contributed by atoms with Crippen molar-refractivity contribution in [2.24, 2.45) is 5.92 Å². The minimum absolute atomic E-state index is 0.0183. The van der Waals surface area contributed by atoms with E-state index in [4.69, 9.17) is 4.74 Å². The number of ether oxygens (including phenoxy) is 1. The molecule has 4 nitrogen and oxygen atoms in total. The zero-order chi connectivity index (χ0) is 20.9. The van der Waals surface area contributed by atoms with Gasteiger partial charge in [0.2, 0.25) is 5.91 Å². The zero-order valence-electron chi connectivity index (χ0n) is 19.0. The monoisotopic (exact) mass is 397 g/mol. The highest BCUT2D eigenvalue weighted by atomic mass is 16.5. The Morgan fingerprint density at radius 2 is 1.14 bits per heavy atom. The highest BCUT2D eigenvalue weighted by molar-refractivity contribution is 5.78. The van der Waals surface area contributed by atoms with E-state index >= 15 is 0 Å². The van der Waals surface area contributed by atoms with Crippen LogP contribution in [0.4, 0.5) is 0 Å². The van der Waals surface area contributed by atoms with Crippen molar-refractivity contribution in [2.75, 3.05) is 13.2 Å². The summed E-state index contributed by atoms with van der Waals surface area (Å²) in [5, 5.41) is 2.73. The molecule has 0 bridgehead atoms. The molecule has 0 spiro atoms. The van der Waals surface area contributed by atoms with Gasteiger partial charge in [0.15, 0.2) is 0 Å². The molecule has 0 radical (unpaired) electrons. The molecular weight excluding hydrogens is 350 g/mol. The highest BCUT2D eigenvalue weighted by Crippen LogP contribution is 2.13. The van der Waals surface area contributed by atoms with E-state index in [0.717, 1.165) is 12.8 Å². The van der Waals surface area contributed by atoms with E-state index in [-0.39, 0.29) is 24.2 Å². The summed E-state index contributed by atoms with van der Waals surface area (Å²) in [7, 11) is 0. The van der Waals surface area contributed by atoms with Gasteiger partial charge >= 0.3 is 5.97 Å². The fourth-order valence-electron chi connectivity index (χ4n) is 3.22. The first-order valence-corrected chi connectivity index (χ1v) is 12.0. The third-order valence-corrected chi connectivity index (χ3v) is 5.16. The topological polar surface area (TPSA) is 55.4 Å². The van der Waals surface area contributed by atoms with Crippen LogP contribution >= 0.6 is 0 Å². The van der Waals surface area contributed by atoms with Crippen molar-refractivity contribution < 1.29 is 14.3 Å². The van der Waals surface area contributed by atoms with E-state index in [2.05, 4.69) is 12.2 Å². The second kappa shape index (κ2) is 20.7. The molecule has 0 aliphatic heterocycles. The Bertz CT molecular complexity index is 369. The number of carbonyl (C=O) groups is 2. The maximum Gasteiger partial charge on any atom is 0.307 e. The van der Waals surface area contributed by atoms with Crippen molar-refractivity contribution in [3.63, 3.8) is 0 Å². The van der Waals surface area contributed by atoms with Crippen molar-refractivity contribution >= 4 is 11.9 Å². The molecule has 28 heavy (non-hydrogen) atoms. The smallest absolute Gasteiger partial charge is 0.307 e. The van der Waals surface area contributed by atoms with Crippen molar-refractivity contribution in [3.05, 3.63) is 0 Å². The van der Waals surface area contributed by atoms with Gasteiger partial charge in [0, 0.05) is 12.5 Å². The third-order valence-electron chi connectivity index (χ3n) is 5.16. The van der Waals surface area contributed by atoms with E-state index in [9.17, 15) is 9.59 Å². The summed E-state index contributed by atoms with van der Waals surface area (Å²) in [5.74, 6) is -0.277. The van der Waals surface area contributed by atoms with Gasteiger partial charge in [-0.3, -0.25) is 9.59 Å². The summed E-state index contributed by atoms with van der Waals surface area (Å²) in [6, 6.07) is 0. The van der Waals surface area contributed by atoms with E-state index in [0.29, 0.717) is 13.2 Å². The number of unbranched alkanes of at least 4 members (excludes halogenated alkanes) is 14. The number of esters is 1. The first-order chi connectivity index (χ1) is 13.6. The summed E-state index contributed by atoms with van der Waals surface area (Å²) < 4.78 is 5.21. The molecule has 0 aliphatic rings. The predicted molar refractivity (Wildman–Crippen MR) is 118 cm³/mol. The van der Waals surface area contributed by atoms with Crippen molar-refractivity contribution in [3.8, 4) is 0 Å². The van der Waals surface area contributed by atoms with Gasteiger partial charge in [-0.1, -0.05) is 111 Å². The lowest BCUT2D eigenvalue weighted by molar-refractivity contribution is -0.143. The molecule has 0 aromatic heterocycles. The van der Waals surface area contributed by atoms with Gasteiger partial charge in [-0.25, -0.2) is 0 Å². The Morgan fingerprint density at radius 3 is 1.57 bits per heavy atom. The van der Waals surface area contributed by atoms with Crippen molar-refractivity contribution in [2.45, 2.75) is 124 Å². The highest BCUT2D eigenvalue weighted by Gasteiger charge is 2.07. The SMILES string of the molecule is CCCCCCCCCCCCCCCCCOC(=O)CCNC(=O)C(C)C. The largest absolute Gasteiger partial charge is 0.466 e. The first-order valence-electron chi connectivity index (χ1n) is 12.0. The zero-order valence-corrected chi connectivity index (χ0v) is 19.0. The Kier molecular flexibility index (Phi) is 19.9. The van der Waals surface area contributed by atoms with Crippen molar-refractivity contribution in [1.82, 2.24) is 5.32 Å². The second-order valence-electron chi connectivity index (χ2n) is 8.37. The maximum atomic E-state index is 11.6. The molecule has 0 fully saturated rings. The van der Waals surface area contributed by atoms with Crippen LogP contribution in [0.2, 0.25) is 0 Å². The van der Waals surface area contributed by atoms with Crippen LogP contribution in [0.3, 0.4) is 0 Å². The lowest BCUT2D eigenvalue weighted by Gasteiger charge is -2.08. The second-order valence-corrected chi connectivity index (χ2v) is 8.37. The van der Waals surface area contributed by atoms with E-state index in [1.165, 1.54) is 83.5 Å². The van der Waals surface area contributed by atoms with E-state index in [1.54, 1.807) is 0 Å². The Hall–Kier alpha value is -1.06. The molecule has 4 heteroatoms. The van der Waals surface area contributed by atoms with Gasteiger partial charge in [0.1, 0.15) is 0 Å². The van der Waals surface area contributed by atoms with Gasteiger partial charge in [0.25, 0.3) is 0 Å². The molecule has 0 rings (SSSR count). The van der Waals surface area contributed by atoms with Gasteiger partial charge in [-0.2, -0.15) is 0 Å². The number of carbonyl (C=O) groups excluding carboxylic acids is 2. The fourth-order valence-corrected chi connectivity index (χ4v) is 3.22. The minimum atomic E-state index is -0.214. The number of amides is 1. The quantitative estimate of drug-likeness (QED) is 0.187. The Balaban J connectivity index is 3.19. The van der Waals surface area contributed by atoms with Gasteiger partial charge < -0.3 is 10.1 Å². The fraction of sp³-hybridized carbons (Fsp3) is 0.917. The number of hydrogen-bond donors (Lipinski definition) is 1. The molecule has 0 atom stereocenters. The summed E-state index contributed by atoms with van der Waals surface area (Å²) in [5.41, 5.74) is 0. The Labute approximate surface area is 174 Å². The minimum Gasteiger partial charge on any atom is -0.466 e. The molecule has 1 amide bonds. The van der Waals surface area contributed by atoms with Crippen LogP contribution < -0.4 is 5.32 Å². The summed E-state index contributed by atoms with van der Waals surface area (Å²) >= 11 is 0. The molecule has 0 heterocycles. The predicted octanol–water partition coefficient (Wildman–Crippen LogP) is 6.56. The van der Waals surface area contributed by atoms with Crippen LogP contribution in [0.1, 0.15) is 124 Å². The molecule has 166 valence electrons. The van der Waals surface area contributed by atoms with Crippen LogP contribution in [0, 0.1) is 5.92 Å². The van der Waals surface area contributed by atoms with Crippen LogP contribution in [-0.4, -0.2) is 25.0 Å². The molecule has 0 saturated carbocycles. The van der Waals surface area contributed by atoms with Crippen LogP contribution in [-0.2, 0) is 14.3 Å². The standard InChI is InChI=1S/C24H47NO3/c1-4-5-6-7-8-9-10-11-12-13-14-15-16-17-18-21-28-23(26)19-20-25-24(27)22(2)3/h22H,4-21H2,1-3H3,(H,25,27). The van der Waals surface area contributed by atoms with Crippen LogP contribution in [0.25, 0.3) is 0 Å². The molecule has 0 unspecified atom stereocenters. The molecule has 0 aliphatic carbocycles. The third kappa shape index (κ3) is 19.7. The van der Waals surface area contributed by atoms with Crippen molar-refractivity contribution in [1.29, 1.82) is 0 Å². The molecule has 0 aromatic rings. The summed E-state index contributed by atoms with van der Waals surface area (Å²) in [6.45, 7) is 6.83. The van der Waals surface area contributed by atoms with Crippen LogP contribution in [0.5, 0.6) is 0 Å². The lowest BCUT2D eigenvalue weighted by Crippen LogP contribution is -2.30. The molecule has 0 aromatic carbocycles. The number of nitrogens with one attached hydrogen (secondary N) is 1. The number of rotatable bonds is 20. The van der Waals surface area contributed by atoms with Crippen LogP contribution in [0.15, 0.2) is 0 Å². The first kappa shape index (κ1) is 26.9. The number of hydrogen-bond acceptors (Lipinski definition) is 3. The van der Waals surface area contributed by atoms with Gasteiger partial charge in [0.05, 0.1) is 13.0 Å². The molecule has 1 N–H and O–H groups in total. The maximum absolute atomic E-state index is 11.6. The van der Waals surface area contributed by atoms with Gasteiger partial charge in [-0.15, -0.1) is 0 Å². The average Bonchev–Trinajstić information content (AvgIpc) is 2.67.